The van der Waals surface area contributed by atoms with E-state index in [4.69, 9.17) is 9.47 Å². The van der Waals surface area contributed by atoms with Crippen LogP contribution in [0.2, 0.25) is 0 Å². The molecule has 1 aliphatic heterocycles. The number of hydrogen-bond donors (Lipinski definition) is 2. The highest BCUT2D eigenvalue weighted by atomic mass is 32.2. The van der Waals surface area contributed by atoms with Crippen molar-refractivity contribution < 1.29 is 27.1 Å². The van der Waals surface area contributed by atoms with Gasteiger partial charge >= 0.3 is 6.03 Å². The summed E-state index contributed by atoms with van der Waals surface area (Å²) in [5, 5.41) is 5.13. The SMILES string of the molecule is CCS(=O)(=O)N1C[C@H](Oc2cc(F)cc(NC(=O)Nc3cccnc3)c2)C[C@H]1COC. The molecule has 0 radical (unpaired) electrons. The summed E-state index contributed by atoms with van der Waals surface area (Å²) in [7, 11) is -1.92. The van der Waals surface area contributed by atoms with Crippen LogP contribution in [0.5, 0.6) is 5.75 Å². The van der Waals surface area contributed by atoms with Gasteiger partial charge in [-0.25, -0.2) is 17.6 Å². The number of pyridine rings is 1. The Labute approximate surface area is 180 Å². The molecule has 3 rings (SSSR count). The lowest BCUT2D eigenvalue weighted by Gasteiger charge is -2.22. The average Bonchev–Trinajstić information content (AvgIpc) is 3.11. The minimum Gasteiger partial charge on any atom is -0.489 e. The van der Waals surface area contributed by atoms with Gasteiger partial charge in [0.05, 0.1) is 36.8 Å². The molecular formula is C20H25FN4O5S. The van der Waals surface area contributed by atoms with Crippen molar-refractivity contribution in [3.05, 3.63) is 48.5 Å². The second-order valence-corrected chi connectivity index (χ2v) is 9.26. The van der Waals surface area contributed by atoms with Gasteiger partial charge in [-0.1, -0.05) is 0 Å². The van der Waals surface area contributed by atoms with E-state index < -0.39 is 28.0 Å². The molecule has 9 nitrogen and oxygen atoms in total. The molecule has 1 aliphatic rings. The number of amides is 2. The van der Waals surface area contributed by atoms with Crippen molar-refractivity contribution >= 4 is 27.4 Å². The third kappa shape index (κ3) is 6.12. The summed E-state index contributed by atoms with van der Waals surface area (Å²) in [4.78, 5) is 16.1. The number of anilines is 2. The third-order valence-electron chi connectivity index (χ3n) is 4.76. The maximum absolute atomic E-state index is 14.1. The highest BCUT2D eigenvalue weighted by molar-refractivity contribution is 7.89. The molecule has 2 atom stereocenters. The van der Waals surface area contributed by atoms with Crippen LogP contribution >= 0.6 is 0 Å². The van der Waals surface area contributed by atoms with E-state index in [2.05, 4.69) is 15.6 Å². The second kappa shape index (κ2) is 10.0. The number of sulfonamides is 1. The Morgan fingerprint density at radius 2 is 2.06 bits per heavy atom. The zero-order valence-electron chi connectivity index (χ0n) is 17.2. The minimum atomic E-state index is -3.43. The standard InChI is InChI=1S/C20H25FN4O5S/c1-3-31(27,28)25-12-19(10-17(25)13-29-2)30-18-8-14(21)7-16(9-18)24-20(26)23-15-5-4-6-22-11-15/h4-9,11,17,19H,3,10,12-13H2,1-2H3,(H2,23,24,26)/t17-,19+/m0/s1. The Morgan fingerprint density at radius 3 is 2.74 bits per heavy atom. The zero-order valence-corrected chi connectivity index (χ0v) is 18.1. The van der Waals surface area contributed by atoms with Crippen LogP contribution in [0.1, 0.15) is 13.3 Å². The van der Waals surface area contributed by atoms with E-state index in [9.17, 15) is 17.6 Å². The lowest BCUT2D eigenvalue weighted by molar-refractivity contribution is 0.147. The summed E-state index contributed by atoms with van der Waals surface area (Å²) in [6.45, 7) is 1.96. The van der Waals surface area contributed by atoms with Crippen LogP contribution in [-0.4, -0.2) is 61.9 Å². The van der Waals surface area contributed by atoms with Crippen LogP contribution < -0.4 is 15.4 Å². The highest BCUT2D eigenvalue weighted by Crippen LogP contribution is 2.28. The third-order valence-corrected chi connectivity index (χ3v) is 6.65. The molecule has 1 saturated heterocycles. The monoisotopic (exact) mass is 452 g/mol. The van der Waals surface area contributed by atoms with Crippen molar-refractivity contribution in [1.82, 2.24) is 9.29 Å². The predicted octanol–water partition coefficient (Wildman–Crippen LogP) is 2.68. The van der Waals surface area contributed by atoms with E-state index in [1.165, 1.54) is 29.7 Å². The van der Waals surface area contributed by atoms with Gasteiger partial charge in [-0.05, 0) is 25.1 Å². The second-order valence-electron chi connectivity index (χ2n) is 7.05. The van der Waals surface area contributed by atoms with Gasteiger partial charge in [-0.2, -0.15) is 4.31 Å². The number of carbonyl (C=O) groups is 1. The topological polar surface area (TPSA) is 110 Å². The number of aromatic nitrogens is 1. The normalized spacial score (nSPS) is 19.2. The van der Waals surface area contributed by atoms with Crippen LogP contribution in [0, 0.1) is 5.82 Å². The highest BCUT2D eigenvalue weighted by Gasteiger charge is 2.39. The number of benzene rings is 1. The molecule has 1 fully saturated rings. The first kappa shape index (κ1) is 22.9. The molecule has 0 spiro atoms. The van der Waals surface area contributed by atoms with Gasteiger partial charge in [0.1, 0.15) is 17.7 Å². The first-order valence-corrected chi connectivity index (χ1v) is 11.4. The van der Waals surface area contributed by atoms with Crippen LogP contribution in [0.4, 0.5) is 20.6 Å². The lowest BCUT2D eigenvalue weighted by Crippen LogP contribution is -2.39. The van der Waals surface area contributed by atoms with Gasteiger partial charge in [-0.15, -0.1) is 0 Å². The maximum atomic E-state index is 14.1. The number of halogens is 1. The van der Waals surface area contributed by atoms with Crippen molar-refractivity contribution in [2.24, 2.45) is 0 Å². The van der Waals surface area contributed by atoms with E-state index in [1.807, 2.05) is 0 Å². The quantitative estimate of drug-likeness (QED) is 0.637. The molecule has 2 aromatic rings. The molecule has 31 heavy (non-hydrogen) atoms. The molecule has 2 heterocycles. The summed E-state index contributed by atoms with van der Waals surface area (Å²) in [5.74, 6) is -0.438. The van der Waals surface area contributed by atoms with Crippen molar-refractivity contribution in [3.8, 4) is 5.75 Å². The summed E-state index contributed by atoms with van der Waals surface area (Å²) < 4.78 is 51.2. The Hall–Kier alpha value is -2.76. The lowest BCUT2D eigenvalue weighted by atomic mass is 10.2. The first-order chi connectivity index (χ1) is 14.8. The van der Waals surface area contributed by atoms with E-state index in [0.29, 0.717) is 12.1 Å². The smallest absolute Gasteiger partial charge is 0.323 e. The summed E-state index contributed by atoms with van der Waals surface area (Å²) in [5.41, 5.74) is 0.682. The molecule has 0 bridgehead atoms. The number of carbonyl (C=O) groups excluding carboxylic acids is 1. The van der Waals surface area contributed by atoms with Crippen molar-refractivity contribution in [1.29, 1.82) is 0 Å². The van der Waals surface area contributed by atoms with E-state index in [0.717, 1.165) is 6.07 Å². The van der Waals surface area contributed by atoms with Gasteiger partial charge < -0.3 is 20.1 Å². The number of hydrogen-bond acceptors (Lipinski definition) is 6. The number of rotatable bonds is 8. The average molecular weight is 453 g/mol. The van der Waals surface area contributed by atoms with E-state index in [1.54, 1.807) is 25.3 Å². The summed E-state index contributed by atoms with van der Waals surface area (Å²) in [6, 6.07) is 6.25. The molecular weight excluding hydrogens is 427 g/mol. The first-order valence-electron chi connectivity index (χ1n) is 9.74. The number of methoxy groups -OCH3 is 1. The van der Waals surface area contributed by atoms with Gasteiger partial charge in [0.25, 0.3) is 0 Å². The Morgan fingerprint density at radius 1 is 1.29 bits per heavy atom. The fraction of sp³-hybridized carbons (Fsp3) is 0.400. The van der Waals surface area contributed by atoms with Crippen molar-refractivity contribution in [2.75, 3.05) is 36.6 Å². The summed E-state index contributed by atoms with van der Waals surface area (Å²) >= 11 is 0. The van der Waals surface area contributed by atoms with E-state index >= 15 is 0 Å². The largest absolute Gasteiger partial charge is 0.489 e. The zero-order chi connectivity index (χ0) is 22.4. The summed E-state index contributed by atoms with van der Waals surface area (Å²) in [6.07, 6.45) is 2.99. The molecule has 1 aromatic carbocycles. The number of nitrogens with zero attached hydrogens (tertiary/aromatic N) is 2. The Kier molecular flexibility index (Phi) is 7.42. The van der Waals surface area contributed by atoms with Crippen LogP contribution in [0.15, 0.2) is 42.7 Å². The molecule has 0 saturated carbocycles. The number of urea groups is 1. The molecule has 11 heteroatoms. The molecule has 1 aromatic heterocycles. The maximum Gasteiger partial charge on any atom is 0.323 e. The molecule has 2 amide bonds. The van der Waals surface area contributed by atoms with Gasteiger partial charge in [0.15, 0.2) is 0 Å². The van der Waals surface area contributed by atoms with Gasteiger partial charge in [-0.3, -0.25) is 4.98 Å². The van der Waals surface area contributed by atoms with E-state index in [-0.39, 0.29) is 36.4 Å². The molecule has 168 valence electrons. The van der Waals surface area contributed by atoms with Crippen LogP contribution in [0.25, 0.3) is 0 Å². The van der Waals surface area contributed by atoms with Crippen molar-refractivity contribution in [2.45, 2.75) is 25.5 Å². The van der Waals surface area contributed by atoms with Crippen LogP contribution in [-0.2, 0) is 14.8 Å². The Balaban J connectivity index is 1.68. The minimum absolute atomic E-state index is 0.0278. The van der Waals surface area contributed by atoms with Gasteiger partial charge in [0.2, 0.25) is 10.0 Å². The molecule has 2 N–H and O–H groups in total. The molecule has 0 aliphatic carbocycles. The molecule has 0 unspecified atom stereocenters. The fourth-order valence-corrected chi connectivity index (χ4v) is 4.73. The van der Waals surface area contributed by atoms with Crippen LogP contribution in [0.3, 0.4) is 0 Å². The predicted molar refractivity (Wildman–Crippen MR) is 114 cm³/mol. The number of ether oxygens (including phenoxy) is 2. The van der Waals surface area contributed by atoms with Gasteiger partial charge in [0, 0.05) is 37.5 Å². The fourth-order valence-electron chi connectivity index (χ4n) is 3.41. The Bertz CT molecular complexity index is 1010. The number of nitrogens with one attached hydrogen (secondary N) is 2. The van der Waals surface area contributed by atoms with Crippen molar-refractivity contribution in [3.63, 3.8) is 0 Å².